The third kappa shape index (κ3) is 3.31. The van der Waals surface area contributed by atoms with E-state index in [1.54, 1.807) is 12.7 Å². The van der Waals surface area contributed by atoms with E-state index in [0.717, 1.165) is 41.8 Å². The second-order valence-corrected chi connectivity index (χ2v) is 11.8. The van der Waals surface area contributed by atoms with Gasteiger partial charge in [0.15, 0.2) is 0 Å². The van der Waals surface area contributed by atoms with Crippen LogP contribution in [0.5, 0.6) is 0 Å². The summed E-state index contributed by atoms with van der Waals surface area (Å²) in [6.45, 7) is 14.1. The number of fused-ring (bicyclic) bond motifs is 5. The van der Waals surface area contributed by atoms with Gasteiger partial charge in [0.2, 0.25) is 0 Å². The van der Waals surface area contributed by atoms with Crippen LogP contribution in [-0.4, -0.2) is 13.4 Å². The highest BCUT2D eigenvalue weighted by Gasteiger charge is 2.59. The average Bonchev–Trinajstić information content (AvgIpc) is 2.74. The van der Waals surface area contributed by atoms with Crippen LogP contribution in [0.3, 0.4) is 0 Å². The predicted molar refractivity (Wildman–Crippen MR) is 128 cm³/mol. The van der Waals surface area contributed by atoms with Crippen molar-refractivity contribution in [3.8, 4) is 0 Å². The van der Waals surface area contributed by atoms with Gasteiger partial charge in [0.25, 0.3) is 0 Å². The Kier molecular flexibility index (Phi) is 5.68. The number of ether oxygens (including phenoxy) is 1. The summed E-state index contributed by atoms with van der Waals surface area (Å²) in [6.07, 6.45) is 16.8. The Morgan fingerprint density at radius 2 is 1.77 bits per heavy atom. The van der Waals surface area contributed by atoms with Crippen molar-refractivity contribution < 1.29 is 9.53 Å². The quantitative estimate of drug-likeness (QED) is 0.266. The van der Waals surface area contributed by atoms with E-state index in [0.29, 0.717) is 5.41 Å². The zero-order valence-corrected chi connectivity index (χ0v) is 20.8. The minimum absolute atomic E-state index is 0.0699. The van der Waals surface area contributed by atoms with Gasteiger partial charge in [-0.15, -0.1) is 0 Å². The van der Waals surface area contributed by atoms with Gasteiger partial charge in [0.1, 0.15) is 6.29 Å². The van der Waals surface area contributed by atoms with E-state index < -0.39 is 0 Å². The van der Waals surface area contributed by atoms with Crippen LogP contribution in [0.25, 0.3) is 0 Å². The van der Waals surface area contributed by atoms with Crippen molar-refractivity contribution in [1.82, 2.24) is 0 Å². The lowest BCUT2D eigenvalue weighted by Crippen LogP contribution is -2.55. The maximum atomic E-state index is 11.8. The van der Waals surface area contributed by atoms with Crippen LogP contribution < -0.4 is 0 Å². The molecule has 0 radical (unpaired) electrons. The van der Waals surface area contributed by atoms with Gasteiger partial charge in [-0.1, -0.05) is 51.8 Å². The molecule has 0 aromatic rings. The van der Waals surface area contributed by atoms with Gasteiger partial charge >= 0.3 is 0 Å². The van der Waals surface area contributed by atoms with E-state index in [4.69, 9.17) is 4.74 Å². The number of rotatable bonds is 3. The molecule has 0 heterocycles. The number of allylic oxidation sites excluding steroid dienone is 8. The van der Waals surface area contributed by atoms with E-state index in [9.17, 15) is 4.79 Å². The van der Waals surface area contributed by atoms with Crippen LogP contribution >= 0.6 is 0 Å². The van der Waals surface area contributed by atoms with Gasteiger partial charge < -0.3 is 4.74 Å². The van der Waals surface area contributed by atoms with Gasteiger partial charge in [0.05, 0.1) is 12.9 Å². The molecule has 6 atom stereocenters. The molecule has 6 unspecified atom stereocenters. The van der Waals surface area contributed by atoms with Crippen LogP contribution in [0.1, 0.15) is 86.5 Å². The Morgan fingerprint density at radius 3 is 2.45 bits per heavy atom. The van der Waals surface area contributed by atoms with Crippen molar-refractivity contribution in [1.29, 1.82) is 0 Å². The molecule has 0 aromatic carbocycles. The fourth-order valence-corrected chi connectivity index (χ4v) is 8.01. The average molecular weight is 423 g/mol. The lowest BCUT2D eigenvalue weighted by molar-refractivity contribution is -0.104. The number of hydrogen-bond acceptors (Lipinski definition) is 2. The van der Waals surface area contributed by atoms with E-state index in [2.05, 4.69) is 46.8 Å². The summed E-state index contributed by atoms with van der Waals surface area (Å²) in [5.41, 5.74) is 5.77. The molecule has 4 aliphatic rings. The molecule has 0 saturated heterocycles. The maximum absolute atomic E-state index is 11.8. The van der Waals surface area contributed by atoms with Crippen LogP contribution in [-0.2, 0) is 9.53 Å². The minimum Gasteiger partial charge on any atom is -0.501 e. The Labute approximate surface area is 189 Å². The molecule has 0 spiro atoms. The third-order valence-corrected chi connectivity index (χ3v) is 10.2. The summed E-state index contributed by atoms with van der Waals surface area (Å²) in [4.78, 5) is 11.8. The summed E-state index contributed by atoms with van der Waals surface area (Å²) < 4.78 is 5.55. The predicted octanol–water partition coefficient (Wildman–Crippen LogP) is 7.58. The minimum atomic E-state index is -0.0699. The van der Waals surface area contributed by atoms with Crippen molar-refractivity contribution >= 4 is 6.29 Å². The summed E-state index contributed by atoms with van der Waals surface area (Å²) in [6, 6.07) is 0. The van der Waals surface area contributed by atoms with E-state index in [-0.39, 0.29) is 10.8 Å². The first kappa shape index (κ1) is 22.6. The fourth-order valence-electron chi connectivity index (χ4n) is 8.01. The van der Waals surface area contributed by atoms with E-state index >= 15 is 0 Å². The second-order valence-electron chi connectivity index (χ2n) is 11.8. The molecule has 31 heavy (non-hydrogen) atoms. The molecule has 0 aromatic heterocycles. The Balaban J connectivity index is 1.82. The molecule has 0 amide bonds. The zero-order chi connectivity index (χ0) is 22.6. The van der Waals surface area contributed by atoms with Crippen LogP contribution in [0, 0.1) is 34.0 Å². The van der Waals surface area contributed by atoms with E-state index in [1.807, 2.05) is 13.0 Å². The smallest absolute Gasteiger partial charge is 0.143 e. The molecular formula is C29H42O2. The van der Waals surface area contributed by atoms with Gasteiger partial charge in [-0.3, -0.25) is 4.79 Å². The summed E-state index contributed by atoms with van der Waals surface area (Å²) in [5.74, 6) is 3.38. The SMILES string of the molecule is CO/C(C)=C(\C)C1=CC=C2C(C)(CCC3C4CC(C)CCC4(C)CCC23C)/C1=C/C=O. The van der Waals surface area contributed by atoms with Gasteiger partial charge in [0, 0.05) is 5.41 Å². The van der Waals surface area contributed by atoms with Crippen molar-refractivity contribution in [2.75, 3.05) is 7.11 Å². The summed E-state index contributed by atoms with van der Waals surface area (Å²) in [5, 5.41) is 0. The van der Waals surface area contributed by atoms with Crippen LogP contribution in [0.15, 0.2) is 46.3 Å². The normalized spacial score (nSPS) is 44.2. The molecule has 170 valence electrons. The lowest BCUT2D eigenvalue weighted by atomic mass is 9.41. The standard InChI is InChI=1S/C29H42O2/c1-19-10-13-27(4)15-16-29(6)24(25(27)18-19)11-14-28(5)23(12-17-30)22(8-9-26(28)29)20(2)21(3)31-7/h8-9,12,17,19,24-25H,10-11,13-16,18H2,1-7H3/b21-20+,23-12+. The third-order valence-electron chi connectivity index (χ3n) is 10.2. The zero-order valence-electron chi connectivity index (χ0n) is 20.8. The first-order valence-corrected chi connectivity index (χ1v) is 12.4. The number of methoxy groups -OCH3 is 1. The highest BCUT2D eigenvalue weighted by Crippen LogP contribution is 2.69. The molecule has 4 rings (SSSR count). The number of carbonyl (C=O) groups is 1. The Morgan fingerprint density at radius 1 is 1.03 bits per heavy atom. The number of hydrogen-bond donors (Lipinski definition) is 0. The molecular weight excluding hydrogens is 380 g/mol. The highest BCUT2D eigenvalue weighted by atomic mass is 16.5. The molecule has 0 bridgehead atoms. The van der Waals surface area contributed by atoms with Crippen LogP contribution in [0.2, 0.25) is 0 Å². The second kappa shape index (κ2) is 7.78. The molecule has 0 aliphatic heterocycles. The first-order valence-electron chi connectivity index (χ1n) is 12.4. The Hall–Kier alpha value is -1.57. The lowest BCUT2D eigenvalue weighted by Gasteiger charge is -2.64. The summed E-state index contributed by atoms with van der Waals surface area (Å²) >= 11 is 0. The summed E-state index contributed by atoms with van der Waals surface area (Å²) in [7, 11) is 1.73. The van der Waals surface area contributed by atoms with Gasteiger partial charge in [-0.2, -0.15) is 0 Å². The first-order chi connectivity index (χ1) is 14.6. The Bertz CT molecular complexity index is 886. The van der Waals surface area contributed by atoms with Gasteiger partial charge in [-0.05, 0) is 104 Å². The fraction of sp³-hybridized carbons (Fsp3) is 0.690. The molecule has 4 aliphatic carbocycles. The number of carbonyl (C=O) groups excluding carboxylic acids is 1. The van der Waals surface area contributed by atoms with E-state index in [1.165, 1.54) is 49.7 Å². The number of aldehydes is 1. The maximum Gasteiger partial charge on any atom is 0.143 e. The van der Waals surface area contributed by atoms with Crippen LogP contribution in [0.4, 0.5) is 0 Å². The topological polar surface area (TPSA) is 26.3 Å². The largest absolute Gasteiger partial charge is 0.501 e. The molecule has 2 heteroatoms. The monoisotopic (exact) mass is 422 g/mol. The molecule has 3 fully saturated rings. The van der Waals surface area contributed by atoms with Crippen molar-refractivity contribution in [2.24, 2.45) is 34.0 Å². The van der Waals surface area contributed by atoms with Gasteiger partial charge in [-0.25, -0.2) is 0 Å². The highest BCUT2D eigenvalue weighted by molar-refractivity contribution is 5.73. The van der Waals surface area contributed by atoms with Crippen molar-refractivity contribution in [3.63, 3.8) is 0 Å². The molecule has 2 nitrogen and oxygen atoms in total. The van der Waals surface area contributed by atoms with Crippen molar-refractivity contribution in [2.45, 2.75) is 86.5 Å². The molecule has 3 saturated carbocycles. The van der Waals surface area contributed by atoms with Crippen molar-refractivity contribution in [3.05, 3.63) is 46.3 Å². The molecule has 0 N–H and O–H groups in total.